The third-order valence-corrected chi connectivity index (χ3v) is 3.68. The van der Waals surface area contributed by atoms with E-state index in [0.29, 0.717) is 18.8 Å². The lowest BCUT2D eigenvalue weighted by Crippen LogP contribution is -2.49. The Bertz CT molecular complexity index is 544. The Balaban J connectivity index is 2.01. The number of aromatic nitrogens is 1. The quantitative estimate of drug-likeness (QED) is 0.817. The molecule has 1 amide bonds. The molecule has 1 aliphatic heterocycles. The molecule has 1 atom stereocenters. The number of nitrogens with zero attached hydrogens (tertiary/aromatic N) is 4. The van der Waals surface area contributed by atoms with E-state index >= 15 is 0 Å². The van der Waals surface area contributed by atoms with E-state index in [4.69, 9.17) is 10.00 Å². The maximum atomic E-state index is 12.0. The van der Waals surface area contributed by atoms with Gasteiger partial charge in [-0.05, 0) is 18.6 Å². The zero-order chi connectivity index (χ0) is 15.4. The van der Waals surface area contributed by atoms with E-state index in [9.17, 15) is 4.79 Å². The topological polar surface area (TPSA) is 61.5 Å². The minimum atomic E-state index is -0.391. The fourth-order valence-corrected chi connectivity index (χ4v) is 2.55. The number of carbonyl (C=O) groups excluding carboxylic acids is 1. The molecule has 1 aromatic rings. The molecule has 1 saturated heterocycles. The molecule has 2 rings (SSSR count). The molecule has 0 N–H and O–H groups in total. The van der Waals surface area contributed by atoms with Crippen LogP contribution in [0.15, 0.2) is 12.3 Å². The minimum absolute atomic E-state index is 0.00328. The average Bonchev–Trinajstić information content (AvgIpc) is 2.88. The molecular weight excluding hydrogens is 268 g/mol. The van der Waals surface area contributed by atoms with Crippen LogP contribution in [0.1, 0.15) is 18.2 Å². The van der Waals surface area contributed by atoms with Crippen molar-refractivity contribution in [1.29, 1.82) is 5.26 Å². The summed E-state index contributed by atoms with van der Waals surface area (Å²) >= 11 is 0. The van der Waals surface area contributed by atoms with Gasteiger partial charge in [-0.1, -0.05) is 0 Å². The second-order valence-electron chi connectivity index (χ2n) is 5.46. The van der Waals surface area contributed by atoms with E-state index < -0.39 is 6.10 Å². The summed E-state index contributed by atoms with van der Waals surface area (Å²) in [5.41, 5.74) is 1.79. The SMILES string of the molecule is CCn1cc(CN2CCO[C@@H](C(=O)N(C)C)C2)cc1C#N. The predicted octanol–water partition coefficient (Wildman–Crippen LogP) is 0.669. The third-order valence-electron chi connectivity index (χ3n) is 3.68. The van der Waals surface area contributed by atoms with Crippen LogP contribution in [0.25, 0.3) is 0 Å². The van der Waals surface area contributed by atoms with Crippen molar-refractivity contribution in [1.82, 2.24) is 14.4 Å². The van der Waals surface area contributed by atoms with Gasteiger partial charge >= 0.3 is 0 Å². The summed E-state index contributed by atoms with van der Waals surface area (Å²) in [6, 6.07) is 4.12. The van der Waals surface area contributed by atoms with Gasteiger partial charge < -0.3 is 14.2 Å². The highest BCUT2D eigenvalue weighted by atomic mass is 16.5. The highest BCUT2D eigenvalue weighted by Crippen LogP contribution is 2.14. The first-order chi connectivity index (χ1) is 10.0. The van der Waals surface area contributed by atoms with E-state index in [1.165, 1.54) is 0 Å². The number of likely N-dealkylation sites (N-methyl/N-ethyl adjacent to an activating group) is 1. The fraction of sp³-hybridized carbons (Fsp3) is 0.600. The first-order valence-corrected chi connectivity index (χ1v) is 7.19. The molecule has 114 valence electrons. The number of amides is 1. The second kappa shape index (κ2) is 6.74. The van der Waals surface area contributed by atoms with Crippen molar-refractivity contribution in [3.8, 4) is 6.07 Å². The maximum absolute atomic E-state index is 12.0. The van der Waals surface area contributed by atoms with Crippen molar-refractivity contribution in [2.75, 3.05) is 33.8 Å². The van der Waals surface area contributed by atoms with Crippen molar-refractivity contribution in [3.63, 3.8) is 0 Å². The van der Waals surface area contributed by atoms with Gasteiger partial charge in [-0.3, -0.25) is 9.69 Å². The van der Waals surface area contributed by atoms with Crippen LogP contribution in [0.3, 0.4) is 0 Å². The van der Waals surface area contributed by atoms with Crippen molar-refractivity contribution in [2.45, 2.75) is 26.1 Å². The monoisotopic (exact) mass is 290 g/mol. The fourth-order valence-electron chi connectivity index (χ4n) is 2.55. The van der Waals surface area contributed by atoms with E-state index in [1.807, 2.05) is 23.8 Å². The third kappa shape index (κ3) is 3.63. The predicted molar refractivity (Wildman–Crippen MR) is 78.5 cm³/mol. The van der Waals surface area contributed by atoms with Crippen LogP contribution >= 0.6 is 0 Å². The summed E-state index contributed by atoms with van der Waals surface area (Å²) in [5, 5.41) is 9.09. The molecule has 2 heterocycles. The van der Waals surface area contributed by atoms with Gasteiger partial charge in [0.15, 0.2) is 0 Å². The van der Waals surface area contributed by atoms with E-state index in [-0.39, 0.29) is 5.91 Å². The molecule has 0 aromatic carbocycles. The summed E-state index contributed by atoms with van der Waals surface area (Å²) in [7, 11) is 3.48. The molecule has 1 aromatic heterocycles. The molecule has 0 bridgehead atoms. The Morgan fingerprint density at radius 2 is 2.33 bits per heavy atom. The molecule has 1 aliphatic rings. The summed E-state index contributed by atoms with van der Waals surface area (Å²) in [6.07, 6.45) is 1.62. The Labute approximate surface area is 125 Å². The van der Waals surface area contributed by atoms with Crippen LogP contribution < -0.4 is 0 Å². The summed E-state index contributed by atoms with van der Waals surface area (Å²) in [4.78, 5) is 15.7. The Hall–Kier alpha value is -1.84. The van der Waals surface area contributed by atoms with Gasteiger partial charge in [0, 0.05) is 46.5 Å². The standard InChI is InChI=1S/C15H22N4O2/c1-4-19-10-12(7-13(19)8-16)9-18-5-6-21-14(11-18)15(20)17(2)3/h7,10,14H,4-6,9,11H2,1-3H3/t14-/m1/s1. The van der Waals surface area contributed by atoms with Crippen LogP contribution in [0.4, 0.5) is 0 Å². The molecule has 0 saturated carbocycles. The molecule has 1 fully saturated rings. The van der Waals surface area contributed by atoms with Crippen molar-refractivity contribution >= 4 is 5.91 Å². The first-order valence-electron chi connectivity index (χ1n) is 7.19. The maximum Gasteiger partial charge on any atom is 0.252 e. The Morgan fingerprint density at radius 3 is 2.90 bits per heavy atom. The van der Waals surface area contributed by atoms with Crippen LogP contribution in [0.2, 0.25) is 0 Å². The smallest absolute Gasteiger partial charge is 0.252 e. The van der Waals surface area contributed by atoms with Crippen LogP contribution in [-0.2, 0) is 22.6 Å². The van der Waals surface area contributed by atoms with Crippen molar-refractivity contribution in [2.24, 2.45) is 0 Å². The van der Waals surface area contributed by atoms with Crippen LogP contribution in [0, 0.1) is 11.3 Å². The number of nitriles is 1. The Kier molecular flexibility index (Phi) is 4.99. The number of carbonyl (C=O) groups is 1. The molecular formula is C15H22N4O2. The van der Waals surface area contributed by atoms with E-state index in [0.717, 1.165) is 25.2 Å². The number of morpholine rings is 1. The lowest BCUT2D eigenvalue weighted by Gasteiger charge is -2.33. The van der Waals surface area contributed by atoms with Crippen LogP contribution in [0.5, 0.6) is 0 Å². The average molecular weight is 290 g/mol. The minimum Gasteiger partial charge on any atom is -0.366 e. The number of ether oxygens (including phenoxy) is 1. The van der Waals surface area contributed by atoms with Gasteiger partial charge in [0.2, 0.25) is 0 Å². The molecule has 0 aliphatic carbocycles. The number of aryl methyl sites for hydroxylation is 1. The number of rotatable bonds is 4. The van der Waals surface area contributed by atoms with Crippen LogP contribution in [-0.4, -0.2) is 60.2 Å². The van der Waals surface area contributed by atoms with Gasteiger partial charge in [0.25, 0.3) is 5.91 Å². The van der Waals surface area contributed by atoms with Gasteiger partial charge in [0.1, 0.15) is 17.9 Å². The summed E-state index contributed by atoms with van der Waals surface area (Å²) in [5.74, 6) is 0.00328. The molecule has 0 radical (unpaired) electrons. The van der Waals surface area contributed by atoms with E-state index in [1.54, 1.807) is 19.0 Å². The number of hydrogen-bond donors (Lipinski definition) is 0. The van der Waals surface area contributed by atoms with Gasteiger partial charge in [-0.2, -0.15) is 5.26 Å². The molecule has 0 spiro atoms. The highest BCUT2D eigenvalue weighted by molar-refractivity contribution is 5.80. The summed E-state index contributed by atoms with van der Waals surface area (Å²) in [6.45, 7) is 5.50. The highest BCUT2D eigenvalue weighted by Gasteiger charge is 2.27. The number of hydrogen-bond acceptors (Lipinski definition) is 4. The van der Waals surface area contributed by atoms with Crippen molar-refractivity contribution < 1.29 is 9.53 Å². The molecule has 21 heavy (non-hydrogen) atoms. The first kappa shape index (κ1) is 15.5. The zero-order valence-electron chi connectivity index (χ0n) is 12.9. The Morgan fingerprint density at radius 1 is 1.57 bits per heavy atom. The molecule has 6 heteroatoms. The zero-order valence-corrected chi connectivity index (χ0v) is 12.9. The normalized spacial score (nSPS) is 19.2. The van der Waals surface area contributed by atoms with Gasteiger partial charge in [0.05, 0.1) is 6.61 Å². The molecule has 0 unspecified atom stereocenters. The molecule has 6 nitrogen and oxygen atoms in total. The van der Waals surface area contributed by atoms with Gasteiger partial charge in [-0.25, -0.2) is 0 Å². The summed E-state index contributed by atoms with van der Waals surface area (Å²) < 4.78 is 7.49. The largest absolute Gasteiger partial charge is 0.366 e. The lowest BCUT2D eigenvalue weighted by atomic mass is 10.2. The van der Waals surface area contributed by atoms with E-state index in [2.05, 4.69) is 11.0 Å². The second-order valence-corrected chi connectivity index (χ2v) is 5.46. The lowest BCUT2D eigenvalue weighted by molar-refractivity contribution is -0.147. The van der Waals surface area contributed by atoms with Crippen molar-refractivity contribution in [3.05, 3.63) is 23.5 Å². The van der Waals surface area contributed by atoms with Gasteiger partial charge in [-0.15, -0.1) is 0 Å².